The van der Waals surface area contributed by atoms with E-state index in [9.17, 15) is 9.18 Å². The van der Waals surface area contributed by atoms with Gasteiger partial charge in [0.2, 0.25) is 0 Å². The Morgan fingerprint density at radius 3 is 2.86 bits per heavy atom. The number of aromatic nitrogens is 1. The van der Waals surface area contributed by atoms with E-state index in [4.69, 9.17) is 11.1 Å². The normalized spacial score (nSPS) is 15.8. The van der Waals surface area contributed by atoms with Crippen LogP contribution < -0.4 is 16.4 Å². The lowest BCUT2D eigenvalue weighted by atomic mass is 10.2. The van der Waals surface area contributed by atoms with Gasteiger partial charge in [-0.1, -0.05) is 0 Å². The van der Waals surface area contributed by atoms with Crippen LogP contribution in [0.25, 0.3) is 0 Å². The smallest absolute Gasteiger partial charge is 0.263 e. The van der Waals surface area contributed by atoms with E-state index in [1.54, 1.807) is 19.2 Å². The summed E-state index contributed by atoms with van der Waals surface area (Å²) in [7, 11) is 0. The van der Waals surface area contributed by atoms with Gasteiger partial charge in [0.05, 0.1) is 18.1 Å². The van der Waals surface area contributed by atoms with Crippen molar-refractivity contribution < 1.29 is 9.18 Å². The Morgan fingerprint density at radius 1 is 1.52 bits per heavy atom. The summed E-state index contributed by atoms with van der Waals surface area (Å²) in [5, 5.41) is 12.6. The Kier molecular flexibility index (Phi) is 4.07. The van der Waals surface area contributed by atoms with Crippen molar-refractivity contribution in [3.63, 3.8) is 0 Å². The van der Waals surface area contributed by atoms with Gasteiger partial charge in [0, 0.05) is 12.4 Å². The third-order valence-electron chi connectivity index (χ3n) is 2.68. The maximum atomic E-state index is 12.9. The van der Waals surface area contributed by atoms with Crippen molar-refractivity contribution in [2.45, 2.75) is 6.92 Å². The zero-order valence-electron chi connectivity index (χ0n) is 11.1. The van der Waals surface area contributed by atoms with E-state index in [-0.39, 0.29) is 11.4 Å². The quantitative estimate of drug-likeness (QED) is 0.376. The van der Waals surface area contributed by atoms with Crippen LogP contribution in [0.5, 0.6) is 0 Å². The molecule has 1 aliphatic heterocycles. The lowest BCUT2D eigenvalue weighted by Crippen LogP contribution is -2.30. The number of amidine groups is 1. The monoisotopic (exact) mass is 288 g/mol. The van der Waals surface area contributed by atoms with Crippen molar-refractivity contribution in [1.82, 2.24) is 10.3 Å². The largest absolute Gasteiger partial charge is 0.383 e. The number of carbonyl (C=O) groups is 1. The van der Waals surface area contributed by atoms with Crippen molar-refractivity contribution in [2.24, 2.45) is 10.7 Å². The Bertz CT molecular complexity index is 692. The number of aryl methyl sites for hydroxylation is 1. The summed E-state index contributed by atoms with van der Waals surface area (Å²) in [5.74, 6) is -1.70. The zero-order valence-corrected chi connectivity index (χ0v) is 11.1. The Hall–Kier alpha value is -3.03. The number of hydrogen-bond acceptors (Lipinski definition) is 5. The summed E-state index contributed by atoms with van der Waals surface area (Å²) < 4.78 is 12.9. The molecule has 108 valence electrons. The van der Waals surface area contributed by atoms with E-state index in [1.165, 1.54) is 6.20 Å². The molecule has 0 spiro atoms. The molecule has 0 unspecified atom stereocenters. The van der Waals surface area contributed by atoms with Crippen LogP contribution in [0.15, 0.2) is 46.9 Å². The molecule has 1 aromatic heterocycles. The molecule has 1 amide bonds. The van der Waals surface area contributed by atoms with Crippen LogP contribution in [-0.2, 0) is 4.79 Å². The minimum Gasteiger partial charge on any atom is -0.383 e. The van der Waals surface area contributed by atoms with Crippen LogP contribution in [0.1, 0.15) is 5.56 Å². The SMILES string of the molecule is Cc1ccncc1NC(=O)/C(C(=N)N)=C1\N=CC(F)=CN1. The van der Waals surface area contributed by atoms with Gasteiger partial charge in [-0.25, -0.2) is 9.38 Å². The van der Waals surface area contributed by atoms with Crippen molar-refractivity contribution in [3.8, 4) is 0 Å². The minimum atomic E-state index is -0.631. The third-order valence-corrected chi connectivity index (χ3v) is 2.68. The highest BCUT2D eigenvalue weighted by Crippen LogP contribution is 2.15. The molecule has 0 fully saturated rings. The van der Waals surface area contributed by atoms with Gasteiger partial charge >= 0.3 is 0 Å². The fourth-order valence-corrected chi connectivity index (χ4v) is 1.61. The predicted octanol–water partition coefficient (Wildman–Crippen LogP) is 0.961. The third kappa shape index (κ3) is 3.30. The number of pyridine rings is 1. The van der Waals surface area contributed by atoms with E-state index < -0.39 is 17.6 Å². The second-order valence-electron chi connectivity index (χ2n) is 4.21. The first-order chi connectivity index (χ1) is 9.99. The van der Waals surface area contributed by atoms with Crippen molar-refractivity contribution in [1.29, 1.82) is 5.41 Å². The van der Waals surface area contributed by atoms with Crippen molar-refractivity contribution >= 4 is 23.6 Å². The number of anilines is 1. The highest BCUT2D eigenvalue weighted by atomic mass is 19.1. The van der Waals surface area contributed by atoms with Crippen molar-refractivity contribution in [2.75, 3.05) is 5.32 Å². The van der Waals surface area contributed by atoms with Crippen LogP contribution in [0.3, 0.4) is 0 Å². The summed E-state index contributed by atoms with van der Waals surface area (Å²) in [6, 6.07) is 1.73. The van der Waals surface area contributed by atoms with Gasteiger partial charge in [-0.2, -0.15) is 0 Å². The predicted molar refractivity (Wildman–Crippen MR) is 77.4 cm³/mol. The van der Waals surface area contributed by atoms with Crippen LogP contribution in [0.4, 0.5) is 10.1 Å². The topological polar surface area (TPSA) is 116 Å². The van der Waals surface area contributed by atoms with Crippen LogP contribution in [-0.4, -0.2) is 22.9 Å². The number of hydrogen-bond donors (Lipinski definition) is 4. The summed E-state index contributed by atoms with van der Waals surface area (Å²) >= 11 is 0. The molecule has 1 aliphatic rings. The molecule has 0 aromatic carbocycles. The molecule has 2 rings (SSSR count). The number of nitrogens with zero attached hydrogens (tertiary/aromatic N) is 2. The first-order valence-electron chi connectivity index (χ1n) is 5.96. The first-order valence-corrected chi connectivity index (χ1v) is 5.96. The van der Waals surface area contributed by atoms with Gasteiger partial charge in [0.25, 0.3) is 5.91 Å². The van der Waals surface area contributed by atoms with Gasteiger partial charge < -0.3 is 16.4 Å². The molecule has 0 atom stereocenters. The number of nitrogens with one attached hydrogen (secondary N) is 3. The highest BCUT2D eigenvalue weighted by Gasteiger charge is 2.20. The maximum Gasteiger partial charge on any atom is 0.263 e. The Labute approximate surface area is 120 Å². The summed E-state index contributed by atoms with van der Waals surface area (Å²) in [6.07, 6.45) is 5.02. The number of halogens is 1. The molecule has 0 saturated heterocycles. The van der Waals surface area contributed by atoms with Crippen LogP contribution in [0, 0.1) is 12.3 Å². The second kappa shape index (κ2) is 5.95. The number of allylic oxidation sites excluding steroid dienone is 1. The van der Waals surface area contributed by atoms with Gasteiger partial charge in [-0.15, -0.1) is 0 Å². The molecule has 0 bridgehead atoms. The molecule has 8 heteroatoms. The average molecular weight is 288 g/mol. The number of aliphatic imine (C=N–C) groups is 1. The summed E-state index contributed by atoms with van der Waals surface area (Å²) in [6.45, 7) is 1.80. The number of carbonyl (C=O) groups excluding carboxylic acids is 1. The van der Waals surface area contributed by atoms with E-state index in [0.29, 0.717) is 5.69 Å². The van der Waals surface area contributed by atoms with Gasteiger partial charge in [0.15, 0.2) is 5.83 Å². The number of rotatable bonds is 3. The van der Waals surface area contributed by atoms with Gasteiger partial charge in [-0.05, 0) is 18.6 Å². The molecular weight excluding hydrogens is 275 g/mol. The first kappa shape index (κ1) is 14.4. The summed E-state index contributed by atoms with van der Waals surface area (Å²) in [4.78, 5) is 19.9. The molecule has 21 heavy (non-hydrogen) atoms. The standard InChI is InChI=1S/C13H13FN6O/c1-7-2-3-17-6-9(7)20-13(21)10(11(15)16)12-18-4-8(14)5-19-12/h2-6,18H,1H3,(H3,15,16)(H,20,21)/b12-10-. The van der Waals surface area contributed by atoms with Gasteiger partial charge in [-0.3, -0.25) is 15.2 Å². The molecule has 1 aromatic rings. The summed E-state index contributed by atoms with van der Waals surface area (Å²) in [5.41, 5.74) is 6.53. The number of nitrogens with two attached hydrogens (primary N) is 1. The second-order valence-corrected chi connectivity index (χ2v) is 4.21. The van der Waals surface area contributed by atoms with E-state index in [0.717, 1.165) is 18.0 Å². The molecule has 5 N–H and O–H groups in total. The van der Waals surface area contributed by atoms with E-state index in [1.807, 2.05) is 0 Å². The molecular formula is C13H13FN6O. The van der Waals surface area contributed by atoms with Crippen LogP contribution >= 0.6 is 0 Å². The lowest BCUT2D eigenvalue weighted by molar-refractivity contribution is -0.112. The maximum absolute atomic E-state index is 12.9. The fourth-order valence-electron chi connectivity index (χ4n) is 1.61. The highest BCUT2D eigenvalue weighted by molar-refractivity contribution is 6.23. The van der Waals surface area contributed by atoms with E-state index in [2.05, 4.69) is 20.6 Å². The average Bonchev–Trinajstić information content (AvgIpc) is 2.43. The molecule has 0 saturated carbocycles. The van der Waals surface area contributed by atoms with Gasteiger partial charge in [0.1, 0.15) is 17.2 Å². The van der Waals surface area contributed by atoms with E-state index >= 15 is 0 Å². The minimum absolute atomic E-state index is 0.00273. The number of amides is 1. The molecule has 0 aliphatic carbocycles. The fraction of sp³-hybridized carbons (Fsp3) is 0.0769. The van der Waals surface area contributed by atoms with Crippen molar-refractivity contribution in [3.05, 3.63) is 47.4 Å². The molecule has 0 radical (unpaired) electrons. The molecule has 7 nitrogen and oxygen atoms in total. The Morgan fingerprint density at radius 2 is 2.29 bits per heavy atom. The zero-order chi connectivity index (χ0) is 15.4. The lowest BCUT2D eigenvalue weighted by Gasteiger charge is -2.13. The molecule has 2 heterocycles. The Balaban J connectivity index is 2.30. The van der Waals surface area contributed by atoms with Crippen LogP contribution in [0.2, 0.25) is 0 Å².